The van der Waals surface area contributed by atoms with Crippen molar-refractivity contribution in [1.82, 2.24) is 14.5 Å². The third-order valence-corrected chi connectivity index (χ3v) is 4.14. The maximum atomic E-state index is 12.4. The molecule has 6 nitrogen and oxygen atoms in total. The molecule has 3 rings (SSSR count). The molecular formula is C17H19N3O3. The molecule has 0 N–H and O–H groups in total. The topological polar surface area (TPSA) is 64.4 Å². The highest BCUT2D eigenvalue weighted by Gasteiger charge is 2.28. The summed E-state index contributed by atoms with van der Waals surface area (Å²) in [6.45, 7) is 3.03. The number of ether oxygens (including phenoxy) is 1. The minimum Gasteiger partial charge on any atom is -0.488 e. The summed E-state index contributed by atoms with van der Waals surface area (Å²) in [5.41, 5.74) is 1.38. The van der Waals surface area contributed by atoms with Gasteiger partial charge in [0.25, 0.3) is 11.5 Å². The summed E-state index contributed by atoms with van der Waals surface area (Å²) in [5, 5.41) is 0. The van der Waals surface area contributed by atoms with Crippen LogP contribution in [0.25, 0.3) is 0 Å². The number of hydrogen-bond acceptors (Lipinski definition) is 4. The predicted octanol–water partition coefficient (Wildman–Crippen LogP) is 1.38. The van der Waals surface area contributed by atoms with Crippen LogP contribution in [0.5, 0.6) is 5.75 Å². The molecule has 0 aliphatic carbocycles. The van der Waals surface area contributed by atoms with Crippen molar-refractivity contribution < 1.29 is 9.53 Å². The normalized spacial score (nSPS) is 17.3. The van der Waals surface area contributed by atoms with E-state index in [0.717, 1.165) is 12.1 Å². The number of pyridine rings is 2. The highest BCUT2D eigenvalue weighted by Crippen LogP contribution is 2.19. The summed E-state index contributed by atoms with van der Waals surface area (Å²) in [7, 11) is 1.73. The quantitative estimate of drug-likeness (QED) is 0.859. The van der Waals surface area contributed by atoms with Crippen LogP contribution in [0.15, 0.2) is 41.5 Å². The molecule has 1 fully saturated rings. The van der Waals surface area contributed by atoms with Crippen molar-refractivity contribution in [3.8, 4) is 5.75 Å². The summed E-state index contributed by atoms with van der Waals surface area (Å²) in [6, 6.07) is 6.75. The second-order valence-corrected chi connectivity index (χ2v) is 5.75. The molecule has 1 atom stereocenters. The molecule has 120 valence electrons. The summed E-state index contributed by atoms with van der Waals surface area (Å²) in [4.78, 5) is 29.9. The Hall–Kier alpha value is -2.63. The zero-order chi connectivity index (χ0) is 16.4. The minimum absolute atomic E-state index is 0.0151. The zero-order valence-electron chi connectivity index (χ0n) is 13.2. The lowest BCUT2D eigenvalue weighted by atomic mass is 10.2. The van der Waals surface area contributed by atoms with Crippen molar-refractivity contribution >= 4 is 5.91 Å². The maximum Gasteiger partial charge on any atom is 0.254 e. The van der Waals surface area contributed by atoms with E-state index in [1.165, 1.54) is 6.07 Å². The van der Waals surface area contributed by atoms with Crippen LogP contribution >= 0.6 is 0 Å². The average molecular weight is 313 g/mol. The fourth-order valence-corrected chi connectivity index (χ4v) is 2.68. The van der Waals surface area contributed by atoms with E-state index in [1.54, 1.807) is 41.0 Å². The SMILES string of the molecule is Cc1cc(OC2CCN(C(=O)c3ccncc3)C2)cc(=O)n1C. The van der Waals surface area contributed by atoms with E-state index in [1.807, 2.05) is 13.0 Å². The number of carbonyl (C=O) groups is 1. The predicted molar refractivity (Wildman–Crippen MR) is 85.6 cm³/mol. The lowest BCUT2D eigenvalue weighted by Crippen LogP contribution is -2.31. The van der Waals surface area contributed by atoms with Gasteiger partial charge in [0.15, 0.2) is 0 Å². The van der Waals surface area contributed by atoms with Crippen LogP contribution in [0.1, 0.15) is 22.5 Å². The van der Waals surface area contributed by atoms with Crippen LogP contribution in [-0.2, 0) is 7.05 Å². The number of carbonyl (C=O) groups excluding carboxylic acids is 1. The molecule has 1 aliphatic rings. The molecule has 0 bridgehead atoms. The Morgan fingerprint density at radius 2 is 2.04 bits per heavy atom. The largest absolute Gasteiger partial charge is 0.488 e. The van der Waals surface area contributed by atoms with E-state index in [-0.39, 0.29) is 17.6 Å². The van der Waals surface area contributed by atoms with Crippen LogP contribution < -0.4 is 10.3 Å². The van der Waals surface area contributed by atoms with Crippen molar-refractivity contribution in [2.75, 3.05) is 13.1 Å². The summed E-state index contributed by atoms with van der Waals surface area (Å²) in [5.74, 6) is 0.549. The Labute approximate surface area is 134 Å². The first kappa shape index (κ1) is 15.3. The number of aryl methyl sites for hydroxylation is 1. The molecule has 1 saturated heterocycles. The van der Waals surface area contributed by atoms with Crippen molar-refractivity contribution in [3.63, 3.8) is 0 Å². The van der Waals surface area contributed by atoms with Gasteiger partial charge in [-0.25, -0.2) is 0 Å². The molecule has 0 radical (unpaired) electrons. The highest BCUT2D eigenvalue weighted by molar-refractivity contribution is 5.94. The Morgan fingerprint density at radius 3 is 2.74 bits per heavy atom. The number of aromatic nitrogens is 2. The first-order chi connectivity index (χ1) is 11.0. The first-order valence-electron chi connectivity index (χ1n) is 7.58. The molecule has 0 saturated carbocycles. The van der Waals surface area contributed by atoms with Crippen LogP contribution in [0.3, 0.4) is 0 Å². The monoisotopic (exact) mass is 313 g/mol. The molecule has 1 unspecified atom stereocenters. The fourth-order valence-electron chi connectivity index (χ4n) is 2.68. The van der Waals surface area contributed by atoms with Crippen LogP contribution in [0.4, 0.5) is 0 Å². The molecular weight excluding hydrogens is 294 g/mol. The van der Waals surface area contributed by atoms with E-state index in [0.29, 0.717) is 24.4 Å². The van der Waals surface area contributed by atoms with Gasteiger partial charge in [0, 0.05) is 49.7 Å². The Kier molecular flexibility index (Phi) is 4.14. The van der Waals surface area contributed by atoms with Gasteiger partial charge in [0.1, 0.15) is 11.9 Å². The molecule has 0 aromatic carbocycles. The summed E-state index contributed by atoms with van der Waals surface area (Å²) >= 11 is 0. The van der Waals surface area contributed by atoms with Crippen LogP contribution in [0.2, 0.25) is 0 Å². The van der Waals surface area contributed by atoms with E-state index < -0.39 is 0 Å². The zero-order valence-corrected chi connectivity index (χ0v) is 13.2. The van der Waals surface area contributed by atoms with Crippen molar-refractivity contribution in [3.05, 3.63) is 58.3 Å². The molecule has 1 amide bonds. The second kappa shape index (κ2) is 6.24. The second-order valence-electron chi connectivity index (χ2n) is 5.75. The van der Waals surface area contributed by atoms with Gasteiger partial charge >= 0.3 is 0 Å². The fraction of sp³-hybridized carbons (Fsp3) is 0.353. The molecule has 23 heavy (non-hydrogen) atoms. The van der Waals surface area contributed by atoms with Gasteiger partial charge in [-0.1, -0.05) is 0 Å². The van der Waals surface area contributed by atoms with Gasteiger partial charge in [-0.3, -0.25) is 14.6 Å². The number of likely N-dealkylation sites (tertiary alicyclic amines) is 1. The molecule has 2 aromatic rings. The van der Waals surface area contributed by atoms with Crippen molar-refractivity contribution in [2.24, 2.45) is 7.05 Å². The highest BCUT2D eigenvalue weighted by atomic mass is 16.5. The molecule has 2 aromatic heterocycles. The third kappa shape index (κ3) is 3.26. The molecule has 0 spiro atoms. The Balaban J connectivity index is 1.66. The third-order valence-electron chi connectivity index (χ3n) is 4.14. The standard InChI is InChI=1S/C17H19N3O3/c1-12-9-15(10-16(21)19(12)2)23-14-5-8-20(11-14)17(22)13-3-6-18-7-4-13/h3-4,6-7,9-10,14H,5,8,11H2,1-2H3. The lowest BCUT2D eigenvalue weighted by molar-refractivity contribution is 0.0772. The smallest absolute Gasteiger partial charge is 0.254 e. The molecule has 3 heterocycles. The lowest BCUT2D eigenvalue weighted by Gasteiger charge is -2.17. The number of hydrogen-bond donors (Lipinski definition) is 0. The number of nitrogens with zero attached hydrogens (tertiary/aromatic N) is 3. The number of rotatable bonds is 3. The van der Waals surface area contributed by atoms with Gasteiger partial charge in [-0.05, 0) is 25.1 Å². The molecule has 6 heteroatoms. The Morgan fingerprint density at radius 1 is 1.30 bits per heavy atom. The van der Waals surface area contributed by atoms with Crippen LogP contribution in [-0.4, -0.2) is 39.6 Å². The van der Waals surface area contributed by atoms with E-state index >= 15 is 0 Å². The summed E-state index contributed by atoms with van der Waals surface area (Å²) < 4.78 is 7.46. The first-order valence-corrected chi connectivity index (χ1v) is 7.58. The Bertz CT molecular complexity index is 770. The molecule has 1 aliphatic heterocycles. The number of amides is 1. The van der Waals surface area contributed by atoms with Gasteiger partial charge in [0.2, 0.25) is 0 Å². The summed E-state index contributed by atoms with van der Waals surface area (Å²) in [6.07, 6.45) is 3.89. The minimum atomic E-state index is -0.0947. The van der Waals surface area contributed by atoms with Gasteiger partial charge in [-0.2, -0.15) is 0 Å². The maximum absolute atomic E-state index is 12.4. The van der Waals surface area contributed by atoms with Gasteiger partial charge in [0.05, 0.1) is 6.54 Å². The van der Waals surface area contributed by atoms with E-state index in [9.17, 15) is 9.59 Å². The van der Waals surface area contributed by atoms with E-state index in [4.69, 9.17) is 4.74 Å². The van der Waals surface area contributed by atoms with Crippen molar-refractivity contribution in [2.45, 2.75) is 19.4 Å². The van der Waals surface area contributed by atoms with Gasteiger partial charge in [-0.15, -0.1) is 0 Å². The average Bonchev–Trinajstić information content (AvgIpc) is 3.01. The van der Waals surface area contributed by atoms with Gasteiger partial charge < -0.3 is 14.2 Å². The van der Waals surface area contributed by atoms with Crippen molar-refractivity contribution in [1.29, 1.82) is 0 Å². The van der Waals surface area contributed by atoms with E-state index in [2.05, 4.69) is 4.98 Å². The van der Waals surface area contributed by atoms with Crippen LogP contribution in [0, 0.1) is 6.92 Å².